The van der Waals surface area contributed by atoms with E-state index in [-0.39, 0.29) is 43.1 Å². The number of imide groups is 1. The standard InChI is InChI=1S/C19H19N3O5S/c1-11-14(10-16(24)27-2)28-19(20-11)21-15(23)8-5-9-22-17(25)12-6-3-4-7-13(12)18(22)26/h3-4,6-7H,5,8-10H2,1-2H3,(H,20,21,23). The number of carbonyl (C=O) groups is 4. The third-order valence-electron chi connectivity index (χ3n) is 4.34. The summed E-state index contributed by atoms with van der Waals surface area (Å²) in [7, 11) is 1.32. The van der Waals surface area contributed by atoms with Crippen LogP contribution in [0, 0.1) is 6.92 Å². The second-order valence-corrected chi connectivity index (χ2v) is 7.32. The SMILES string of the molecule is COC(=O)Cc1sc(NC(=O)CCCN2C(=O)c3ccccc3C2=O)nc1C. The number of anilines is 1. The van der Waals surface area contributed by atoms with Crippen molar-refractivity contribution in [1.82, 2.24) is 9.88 Å². The Morgan fingerprint density at radius 3 is 2.43 bits per heavy atom. The number of esters is 1. The maximum atomic E-state index is 12.3. The number of carbonyl (C=O) groups excluding carboxylic acids is 4. The minimum atomic E-state index is -0.370. The fraction of sp³-hybridized carbons (Fsp3) is 0.316. The van der Waals surface area contributed by atoms with E-state index < -0.39 is 0 Å². The van der Waals surface area contributed by atoms with E-state index in [0.29, 0.717) is 28.4 Å². The third kappa shape index (κ3) is 4.09. The van der Waals surface area contributed by atoms with E-state index in [2.05, 4.69) is 15.0 Å². The van der Waals surface area contributed by atoms with Crippen LogP contribution in [0.15, 0.2) is 24.3 Å². The van der Waals surface area contributed by atoms with Crippen molar-refractivity contribution < 1.29 is 23.9 Å². The minimum absolute atomic E-state index is 0.107. The van der Waals surface area contributed by atoms with Gasteiger partial charge in [-0.1, -0.05) is 12.1 Å². The van der Waals surface area contributed by atoms with Crippen molar-refractivity contribution in [3.05, 3.63) is 46.0 Å². The molecule has 0 unspecified atom stereocenters. The fourth-order valence-corrected chi connectivity index (χ4v) is 3.83. The Kier molecular flexibility index (Phi) is 5.84. The van der Waals surface area contributed by atoms with Gasteiger partial charge >= 0.3 is 5.97 Å². The Morgan fingerprint density at radius 1 is 1.18 bits per heavy atom. The number of rotatable bonds is 7. The van der Waals surface area contributed by atoms with Gasteiger partial charge in [0.1, 0.15) is 0 Å². The van der Waals surface area contributed by atoms with Crippen LogP contribution in [0.2, 0.25) is 0 Å². The van der Waals surface area contributed by atoms with Crippen molar-refractivity contribution in [3.8, 4) is 0 Å². The van der Waals surface area contributed by atoms with Crippen LogP contribution in [0.5, 0.6) is 0 Å². The number of amides is 3. The highest BCUT2D eigenvalue weighted by atomic mass is 32.1. The molecule has 0 spiro atoms. The molecule has 8 nitrogen and oxygen atoms in total. The van der Waals surface area contributed by atoms with Crippen molar-refractivity contribution in [2.75, 3.05) is 19.0 Å². The molecular weight excluding hydrogens is 382 g/mol. The molecule has 0 bridgehead atoms. The average Bonchev–Trinajstić information content (AvgIpc) is 3.13. The lowest BCUT2D eigenvalue weighted by Crippen LogP contribution is -2.31. The molecule has 1 aliphatic heterocycles. The Hall–Kier alpha value is -3.07. The van der Waals surface area contributed by atoms with Crippen LogP contribution in [0.25, 0.3) is 0 Å². The summed E-state index contributed by atoms with van der Waals surface area (Å²) in [6, 6.07) is 6.68. The summed E-state index contributed by atoms with van der Waals surface area (Å²) in [5, 5.41) is 3.09. The van der Waals surface area contributed by atoms with Crippen LogP contribution in [0.3, 0.4) is 0 Å². The summed E-state index contributed by atoms with van der Waals surface area (Å²) in [5.74, 6) is -1.30. The molecule has 0 saturated carbocycles. The van der Waals surface area contributed by atoms with Gasteiger partial charge in [0.15, 0.2) is 5.13 Å². The minimum Gasteiger partial charge on any atom is -0.469 e. The molecule has 3 amide bonds. The molecule has 1 aliphatic rings. The van der Waals surface area contributed by atoms with Crippen LogP contribution in [0.1, 0.15) is 44.1 Å². The number of methoxy groups -OCH3 is 1. The van der Waals surface area contributed by atoms with Gasteiger partial charge < -0.3 is 10.1 Å². The largest absolute Gasteiger partial charge is 0.469 e. The van der Waals surface area contributed by atoms with Gasteiger partial charge in [0, 0.05) is 17.8 Å². The number of aryl methyl sites for hydroxylation is 1. The maximum absolute atomic E-state index is 12.3. The molecule has 2 heterocycles. The van der Waals surface area contributed by atoms with E-state index in [4.69, 9.17) is 0 Å². The predicted octanol–water partition coefficient (Wildman–Crippen LogP) is 2.18. The van der Waals surface area contributed by atoms with Crippen molar-refractivity contribution in [1.29, 1.82) is 0 Å². The summed E-state index contributed by atoms with van der Waals surface area (Å²) >= 11 is 1.22. The number of nitrogens with zero attached hydrogens (tertiary/aromatic N) is 2. The Balaban J connectivity index is 1.51. The van der Waals surface area contributed by atoms with E-state index in [9.17, 15) is 19.2 Å². The first kappa shape index (κ1) is 19.7. The van der Waals surface area contributed by atoms with Gasteiger partial charge in [-0.15, -0.1) is 11.3 Å². The first-order valence-electron chi connectivity index (χ1n) is 8.69. The summed E-state index contributed by atoms with van der Waals surface area (Å²) in [6.45, 7) is 1.93. The van der Waals surface area contributed by atoms with E-state index in [1.807, 2.05) is 0 Å². The first-order valence-corrected chi connectivity index (χ1v) is 9.50. The van der Waals surface area contributed by atoms with E-state index in [1.165, 1.54) is 23.3 Å². The Morgan fingerprint density at radius 2 is 1.82 bits per heavy atom. The lowest BCUT2D eigenvalue weighted by Gasteiger charge is -2.13. The highest BCUT2D eigenvalue weighted by molar-refractivity contribution is 7.16. The topological polar surface area (TPSA) is 106 Å². The highest BCUT2D eigenvalue weighted by Crippen LogP contribution is 2.24. The van der Waals surface area contributed by atoms with E-state index in [1.54, 1.807) is 31.2 Å². The van der Waals surface area contributed by atoms with Gasteiger partial charge in [0.2, 0.25) is 5.91 Å². The summed E-state index contributed by atoms with van der Waals surface area (Å²) in [4.78, 5) is 54.2. The van der Waals surface area contributed by atoms with Crippen molar-refractivity contribution in [2.24, 2.45) is 0 Å². The lowest BCUT2D eigenvalue weighted by atomic mass is 10.1. The zero-order valence-corrected chi connectivity index (χ0v) is 16.3. The summed E-state index contributed by atoms with van der Waals surface area (Å²) < 4.78 is 4.63. The molecule has 9 heteroatoms. The molecule has 146 valence electrons. The van der Waals surface area contributed by atoms with Crippen molar-refractivity contribution >= 4 is 40.2 Å². The van der Waals surface area contributed by atoms with Crippen molar-refractivity contribution in [3.63, 3.8) is 0 Å². The van der Waals surface area contributed by atoms with Crippen molar-refractivity contribution in [2.45, 2.75) is 26.2 Å². The molecule has 2 aromatic rings. The first-order chi connectivity index (χ1) is 13.4. The van der Waals surface area contributed by atoms with E-state index in [0.717, 1.165) is 4.88 Å². The van der Waals surface area contributed by atoms with Gasteiger partial charge in [-0.2, -0.15) is 0 Å². The number of benzene rings is 1. The number of aromatic nitrogens is 1. The monoisotopic (exact) mass is 401 g/mol. The van der Waals surface area contributed by atoms with Crippen LogP contribution in [0.4, 0.5) is 5.13 Å². The number of fused-ring (bicyclic) bond motifs is 1. The third-order valence-corrected chi connectivity index (χ3v) is 5.41. The lowest BCUT2D eigenvalue weighted by molar-refractivity contribution is -0.139. The van der Waals surface area contributed by atoms with Crippen LogP contribution >= 0.6 is 11.3 Å². The Bertz CT molecular complexity index is 918. The molecule has 1 aromatic carbocycles. The number of hydrogen-bond donors (Lipinski definition) is 1. The number of ether oxygens (including phenoxy) is 1. The van der Waals surface area contributed by atoms with Gasteiger partial charge in [0.05, 0.1) is 30.4 Å². The van der Waals surface area contributed by atoms with Gasteiger partial charge in [0.25, 0.3) is 11.8 Å². The molecule has 1 N–H and O–H groups in total. The maximum Gasteiger partial charge on any atom is 0.310 e. The number of nitrogens with one attached hydrogen (secondary N) is 1. The quantitative estimate of drug-likeness (QED) is 0.563. The van der Waals surface area contributed by atoms with Gasteiger partial charge in [-0.25, -0.2) is 4.98 Å². The summed E-state index contributed by atoms with van der Waals surface area (Å²) in [6.07, 6.45) is 0.588. The van der Waals surface area contributed by atoms with Gasteiger partial charge in [-0.3, -0.25) is 24.1 Å². The second-order valence-electron chi connectivity index (χ2n) is 6.24. The zero-order chi connectivity index (χ0) is 20.3. The van der Waals surface area contributed by atoms with Gasteiger partial charge in [-0.05, 0) is 25.5 Å². The fourth-order valence-electron chi connectivity index (χ4n) is 2.87. The molecular formula is C19H19N3O5S. The van der Waals surface area contributed by atoms with Crippen LogP contribution < -0.4 is 5.32 Å². The molecule has 0 saturated heterocycles. The van der Waals surface area contributed by atoms with E-state index >= 15 is 0 Å². The molecule has 0 aliphatic carbocycles. The molecule has 0 fully saturated rings. The normalized spacial score (nSPS) is 12.9. The molecule has 0 radical (unpaired) electrons. The Labute approximate surface area is 165 Å². The second kappa shape index (κ2) is 8.30. The number of thiazole rings is 1. The molecule has 0 atom stereocenters. The summed E-state index contributed by atoms with van der Waals surface area (Å²) in [5.41, 5.74) is 1.46. The average molecular weight is 401 g/mol. The van der Waals surface area contributed by atoms with Crippen LogP contribution in [-0.2, 0) is 20.7 Å². The van der Waals surface area contributed by atoms with Crippen LogP contribution in [-0.4, -0.2) is 47.2 Å². The number of hydrogen-bond acceptors (Lipinski definition) is 7. The molecule has 3 rings (SSSR count). The highest BCUT2D eigenvalue weighted by Gasteiger charge is 2.34. The molecule has 1 aromatic heterocycles. The predicted molar refractivity (Wildman–Crippen MR) is 102 cm³/mol. The zero-order valence-electron chi connectivity index (χ0n) is 15.5. The molecule has 28 heavy (non-hydrogen) atoms. The smallest absolute Gasteiger partial charge is 0.310 e.